The summed E-state index contributed by atoms with van der Waals surface area (Å²) >= 11 is 9.71. The van der Waals surface area contributed by atoms with Gasteiger partial charge >= 0.3 is 0 Å². The highest BCUT2D eigenvalue weighted by Gasteiger charge is 2.00. The molecule has 0 saturated carbocycles. The van der Waals surface area contributed by atoms with E-state index in [9.17, 15) is 0 Å². The van der Waals surface area contributed by atoms with Gasteiger partial charge in [-0.3, -0.25) is 0 Å². The van der Waals surface area contributed by atoms with Crippen molar-refractivity contribution in [3.8, 4) is 5.75 Å². The van der Waals surface area contributed by atoms with Crippen LogP contribution < -0.4 is 4.74 Å². The van der Waals surface area contributed by atoms with Gasteiger partial charge in [0.05, 0.1) is 16.1 Å². The van der Waals surface area contributed by atoms with Gasteiger partial charge in [-0.2, -0.15) is 0 Å². The van der Waals surface area contributed by atoms with Crippen LogP contribution in [0.3, 0.4) is 0 Å². The number of benzene rings is 1. The largest absolute Gasteiger partial charge is 0.491 e. The third-order valence-electron chi connectivity index (χ3n) is 2.77. The highest BCUT2D eigenvalue weighted by Crippen LogP contribution is 2.21. The zero-order valence-corrected chi connectivity index (χ0v) is 15.3. The second-order valence-corrected chi connectivity index (χ2v) is 7.77. The Morgan fingerprint density at radius 1 is 1.05 bits per heavy atom. The molecule has 1 radical (unpaired) electrons. The van der Waals surface area contributed by atoms with Gasteiger partial charge in [0.1, 0.15) is 12.4 Å². The molecule has 2 nitrogen and oxygen atoms in total. The number of halogens is 2. The standard InChI is InChI=1S/C16H17ClIO2S/c17-9-10-19-11-12-20-14-4-1-13(2-5-14)3-6-15-7-8-16(18)21-15/h1-5,7-8H,6,9-12H2. The lowest BCUT2D eigenvalue weighted by Crippen LogP contribution is -2.07. The van der Waals surface area contributed by atoms with Crippen molar-refractivity contribution in [3.05, 3.63) is 56.1 Å². The van der Waals surface area contributed by atoms with E-state index in [0.717, 1.165) is 12.2 Å². The Balaban J connectivity index is 1.71. The van der Waals surface area contributed by atoms with Gasteiger partial charge in [0, 0.05) is 10.8 Å². The van der Waals surface area contributed by atoms with E-state index >= 15 is 0 Å². The van der Waals surface area contributed by atoms with E-state index in [2.05, 4.69) is 53.3 Å². The van der Waals surface area contributed by atoms with Gasteiger partial charge in [-0.1, -0.05) is 12.1 Å². The Morgan fingerprint density at radius 2 is 1.86 bits per heavy atom. The quantitative estimate of drug-likeness (QED) is 0.320. The molecule has 0 fully saturated rings. The zero-order valence-electron chi connectivity index (χ0n) is 11.6. The molecule has 0 aliphatic rings. The maximum atomic E-state index is 5.59. The fourth-order valence-corrected chi connectivity index (χ4v) is 3.58. The number of rotatable bonds is 9. The molecular formula is C16H17ClIO2S. The van der Waals surface area contributed by atoms with E-state index < -0.39 is 0 Å². The molecule has 0 saturated heterocycles. The highest BCUT2D eigenvalue weighted by molar-refractivity contribution is 14.1. The van der Waals surface area contributed by atoms with Gasteiger partial charge in [0.15, 0.2) is 0 Å². The Labute approximate surface area is 148 Å². The first-order chi connectivity index (χ1) is 10.3. The summed E-state index contributed by atoms with van der Waals surface area (Å²) in [7, 11) is 0. The third-order valence-corrected chi connectivity index (χ3v) is 4.84. The number of hydrogen-bond acceptors (Lipinski definition) is 3. The normalized spacial score (nSPS) is 10.8. The maximum absolute atomic E-state index is 5.59. The van der Waals surface area contributed by atoms with Crippen molar-refractivity contribution < 1.29 is 9.47 Å². The van der Waals surface area contributed by atoms with Crippen molar-refractivity contribution in [3.63, 3.8) is 0 Å². The van der Waals surface area contributed by atoms with Crippen molar-refractivity contribution in [2.45, 2.75) is 6.42 Å². The average molecular weight is 436 g/mol. The molecule has 0 spiro atoms. The minimum atomic E-state index is 0.522. The Kier molecular flexibility index (Phi) is 7.85. The molecule has 0 aliphatic heterocycles. The molecule has 113 valence electrons. The lowest BCUT2D eigenvalue weighted by Gasteiger charge is -2.07. The highest BCUT2D eigenvalue weighted by atomic mass is 127. The van der Waals surface area contributed by atoms with Crippen LogP contribution in [0.5, 0.6) is 5.75 Å². The number of thiophene rings is 1. The van der Waals surface area contributed by atoms with Gasteiger partial charge in [0.2, 0.25) is 0 Å². The van der Waals surface area contributed by atoms with E-state index in [0.29, 0.717) is 25.7 Å². The van der Waals surface area contributed by atoms with Crippen LogP contribution in [0.2, 0.25) is 0 Å². The first kappa shape index (κ1) is 17.1. The molecule has 1 aromatic heterocycles. The van der Waals surface area contributed by atoms with Crippen LogP contribution in [0, 0.1) is 9.30 Å². The maximum Gasteiger partial charge on any atom is 0.119 e. The molecule has 5 heteroatoms. The molecule has 0 bridgehead atoms. The van der Waals surface area contributed by atoms with Crippen LogP contribution in [-0.4, -0.2) is 25.7 Å². The molecule has 0 unspecified atom stereocenters. The zero-order chi connectivity index (χ0) is 14.9. The molecule has 2 rings (SSSR count). The van der Waals surface area contributed by atoms with Crippen molar-refractivity contribution in [1.82, 2.24) is 0 Å². The van der Waals surface area contributed by atoms with Gasteiger partial charge < -0.3 is 9.47 Å². The van der Waals surface area contributed by atoms with E-state index in [-0.39, 0.29) is 0 Å². The minimum absolute atomic E-state index is 0.522. The van der Waals surface area contributed by atoms with Crippen LogP contribution >= 0.6 is 45.5 Å². The van der Waals surface area contributed by atoms with Crippen LogP contribution in [0.1, 0.15) is 10.4 Å². The van der Waals surface area contributed by atoms with Crippen LogP contribution in [0.4, 0.5) is 0 Å². The second-order valence-electron chi connectivity index (χ2n) is 4.33. The van der Waals surface area contributed by atoms with Crippen LogP contribution in [0.15, 0.2) is 36.4 Å². The number of alkyl halides is 1. The summed E-state index contributed by atoms with van der Waals surface area (Å²) in [5.74, 6) is 1.39. The fourth-order valence-electron chi connectivity index (χ4n) is 1.76. The van der Waals surface area contributed by atoms with E-state index in [1.165, 1.54) is 13.3 Å². The molecule has 0 N–H and O–H groups in total. The molecule has 0 amide bonds. The van der Waals surface area contributed by atoms with E-state index in [1.54, 1.807) is 0 Å². The van der Waals surface area contributed by atoms with Crippen LogP contribution in [0.25, 0.3) is 0 Å². The smallest absolute Gasteiger partial charge is 0.119 e. The van der Waals surface area contributed by atoms with E-state index in [4.69, 9.17) is 21.1 Å². The molecule has 21 heavy (non-hydrogen) atoms. The predicted octanol–water partition coefficient (Wildman–Crippen LogP) is 4.78. The summed E-state index contributed by atoms with van der Waals surface area (Å²) in [4.78, 5) is 1.39. The van der Waals surface area contributed by atoms with Crippen molar-refractivity contribution in [2.75, 3.05) is 25.7 Å². The molecule has 1 heterocycles. The fraction of sp³-hybridized carbons (Fsp3) is 0.312. The summed E-state index contributed by atoms with van der Waals surface area (Å²) in [5, 5.41) is 0. The lowest BCUT2D eigenvalue weighted by molar-refractivity contribution is 0.111. The minimum Gasteiger partial charge on any atom is -0.491 e. The number of ether oxygens (including phenoxy) is 2. The monoisotopic (exact) mass is 435 g/mol. The summed E-state index contributed by atoms with van der Waals surface area (Å²) in [6, 6.07) is 12.5. The van der Waals surface area contributed by atoms with Gasteiger partial charge in [-0.05, 0) is 65.3 Å². The second kappa shape index (κ2) is 9.66. The lowest BCUT2D eigenvalue weighted by atomic mass is 10.1. The van der Waals surface area contributed by atoms with Crippen molar-refractivity contribution >= 4 is 45.5 Å². The number of hydrogen-bond donors (Lipinski definition) is 0. The third kappa shape index (κ3) is 6.55. The van der Waals surface area contributed by atoms with Gasteiger partial charge in [0.25, 0.3) is 0 Å². The summed E-state index contributed by atoms with van der Waals surface area (Å²) in [5.41, 5.74) is 1.21. The van der Waals surface area contributed by atoms with Crippen molar-refractivity contribution in [2.24, 2.45) is 0 Å². The average Bonchev–Trinajstić information content (AvgIpc) is 2.92. The SMILES string of the molecule is ClCCOCCOc1ccc([CH]Cc2ccc(I)s2)cc1. The van der Waals surface area contributed by atoms with E-state index in [1.807, 2.05) is 23.5 Å². The Hall–Kier alpha value is -0.300. The van der Waals surface area contributed by atoms with Crippen molar-refractivity contribution in [1.29, 1.82) is 0 Å². The molecule has 0 atom stereocenters. The Morgan fingerprint density at radius 3 is 2.52 bits per heavy atom. The topological polar surface area (TPSA) is 18.5 Å². The predicted molar refractivity (Wildman–Crippen MR) is 97.6 cm³/mol. The summed E-state index contributed by atoms with van der Waals surface area (Å²) < 4.78 is 12.2. The summed E-state index contributed by atoms with van der Waals surface area (Å²) in [6.07, 6.45) is 3.20. The molecule has 2 aromatic rings. The van der Waals surface area contributed by atoms with Gasteiger partial charge in [-0.25, -0.2) is 0 Å². The summed E-state index contributed by atoms with van der Waals surface area (Å²) in [6.45, 7) is 1.69. The molecular weight excluding hydrogens is 419 g/mol. The molecule has 1 aromatic carbocycles. The first-order valence-electron chi connectivity index (χ1n) is 6.72. The molecule has 0 aliphatic carbocycles. The Bertz CT molecular complexity index is 527. The van der Waals surface area contributed by atoms with Crippen LogP contribution in [-0.2, 0) is 11.2 Å². The first-order valence-corrected chi connectivity index (χ1v) is 9.15. The van der Waals surface area contributed by atoms with Gasteiger partial charge in [-0.15, -0.1) is 22.9 Å².